The molecule has 1 aliphatic carbocycles. The fraction of sp³-hybridized carbons (Fsp3) is 0.600. The lowest BCUT2D eigenvalue weighted by molar-refractivity contribution is -0.137. The van der Waals surface area contributed by atoms with Gasteiger partial charge in [0.25, 0.3) is 0 Å². The highest BCUT2D eigenvalue weighted by atomic mass is 19.4. The third-order valence-corrected chi connectivity index (χ3v) is 5.45. The van der Waals surface area contributed by atoms with Gasteiger partial charge >= 0.3 is 6.18 Å². The van der Waals surface area contributed by atoms with Crippen molar-refractivity contribution in [2.24, 2.45) is 11.8 Å². The van der Waals surface area contributed by atoms with Crippen LogP contribution in [0.5, 0.6) is 0 Å². The zero-order valence-corrected chi connectivity index (χ0v) is 15.6. The summed E-state index contributed by atoms with van der Waals surface area (Å²) in [6.45, 7) is 1.27. The first-order chi connectivity index (χ1) is 13.3. The number of carbonyl (C=O) groups is 2. The molecule has 8 heteroatoms. The number of hydrogen-bond acceptors (Lipinski definition) is 3. The monoisotopic (exact) mass is 398 g/mol. The van der Waals surface area contributed by atoms with E-state index in [1.54, 1.807) is 0 Å². The van der Waals surface area contributed by atoms with Crippen molar-refractivity contribution in [3.8, 4) is 0 Å². The molecule has 2 aliphatic rings. The van der Waals surface area contributed by atoms with Crippen LogP contribution >= 0.6 is 0 Å². The maximum absolute atomic E-state index is 12.8. The molecule has 0 aromatic heterocycles. The summed E-state index contributed by atoms with van der Waals surface area (Å²) in [5.41, 5.74) is -0.659. The Labute approximate surface area is 162 Å². The van der Waals surface area contributed by atoms with E-state index in [2.05, 4.69) is 10.6 Å². The number of rotatable bonds is 5. The Kier molecular flexibility index (Phi) is 6.59. The predicted octanol–water partition coefficient (Wildman–Crippen LogP) is 3.75. The van der Waals surface area contributed by atoms with Crippen molar-refractivity contribution in [1.29, 1.82) is 0 Å². The van der Waals surface area contributed by atoms with Gasteiger partial charge in [-0.15, -0.1) is 0 Å². The van der Waals surface area contributed by atoms with E-state index in [1.807, 2.05) is 0 Å². The van der Waals surface area contributed by atoms with Crippen molar-refractivity contribution in [3.05, 3.63) is 29.8 Å². The van der Waals surface area contributed by atoms with Crippen LogP contribution in [0.15, 0.2) is 24.3 Å². The molecule has 0 bridgehead atoms. The second-order valence-electron chi connectivity index (χ2n) is 7.50. The minimum absolute atomic E-state index is 0.00719. The first-order valence-electron chi connectivity index (χ1n) is 9.70. The van der Waals surface area contributed by atoms with E-state index >= 15 is 0 Å². The van der Waals surface area contributed by atoms with E-state index in [4.69, 9.17) is 4.74 Å². The van der Waals surface area contributed by atoms with Crippen LogP contribution in [0.25, 0.3) is 0 Å². The quantitative estimate of drug-likeness (QED) is 0.794. The number of alkyl halides is 3. The predicted molar refractivity (Wildman–Crippen MR) is 97.5 cm³/mol. The smallest absolute Gasteiger partial charge is 0.376 e. The number of hydrogen-bond donors (Lipinski definition) is 2. The van der Waals surface area contributed by atoms with Crippen LogP contribution in [-0.4, -0.2) is 31.1 Å². The van der Waals surface area contributed by atoms with Crippen LogP contribution in [0.1, 0.15) is 44.1 Å². The van der Waals surface area contributed by atoms with E-state index in [0.29, 0.717) is 32.2 Å². The minimum atomic E-state index is -4.45. The molecule has 28 heavy (non-hydrogen) atoms. The average Bonchev–Trinajstić information content (AvgIpc) is 3.19. The Morgan fingerprint density at radius 1 is 1.04 bits per heavy atom. The van der Waals surface area contributed by atoms with Gasteiger partial charge in [-0.3, -0.25) is 9.59 Å². The van der Waals surface area contributed by atoms with Crippen molar-refractivity contribution in [1.82, 2.24) is 5.32 Å². The SMILES string of the molecule is O=C(NCC1CCCO1)C1CCC(C(=O)Nc2cccc(C(F)(F)F)c2)CC1. The highest BCUT2D eigenvalue weighted by Crippen LogP contribution is 2.32. The minimum Gasteiger partial charge on any atom is -0.376 e. The maximum Gasteiger partial charge on any atom is 0.416 e. The van der Waals surface area contributed by atoms with E-state index in [9.17, 15) is 22.8 Å². The van der Waals surface area contributed by atoms with E-state index in [1.165, 1.54) is 12.1 Å². The lowest BCUT2D eigenvalue weighted by atomic mass is 9.81. The highest BCUT2D eigenvalue weighted by molar-refractivity contribution is 5.92. The Hall–Kier alpha value is -2.09. The molecule has 1 aromatic rings. The van der Waals surface area contributed by atoms with Crippen molar-refractivity contribution in [2.45, 2.75) is 50.8 Å². The second-order valence-corrected chi connectivity index (χ2v) is 7.50. The highest BCUT2D eigenvalue weighted by Gasteiger charge is 2.32. The van der Waals surface area contributed by atoms with E-state index in [0.717, 1.165) is 31.6 Å². The molecule has 1 heterocycles. The number of ether oxygens (including phenoxy) is 1. The Balaban J connectivity index is 1.45. The van der Waals surface area contributed by atoms with E-state index in [-0.39, 0.29) is 35.4 Å². The molecule has 1 unspecified atom stereocenters. The van der Waals surface area contributed by atoms with Gasteiger partial charge in [-0.05, 0) is 56.7 Å². The van der Waals surface area contributed by atoms with Gasteiger partial charge in [0.2, 0.25) is 11.8 Å². The number of carbonyl (C=O) groups excluding carboxylic acids is 2. The van der Waals surface area contributed by atoms with Crippen molar-refractivity contribution >= 4 is 17.5 Å². The lowest BCUT2D eigenvalue weighted by Gasteiger charge is -2.27. The number of nitrogens with one attached hydrogen (secondary N) is 2. The van der Waals surface area contributed by atoms with Crippen LogP contribution in [0, 0.1) is 11.8 Å². The number of amides is 2. The van der Waals surface area contributed by atoms with Gasteiger partial charge in [0.05, 0.1) is 11.7 Å². The number of halogens is 3. The van der Waals surface area contributed by atoms with Crippen molar-refractivity contribution < 1.29 is 27.5 Å². The van der Waals surface area contributed by atoms with Gasteiger partial charge in [0.15, 0.2) is 0 Å². The molecule has 2 amide bonds. The molecule has 154 valence electrons. The molecular weight excluding hydrogens is 373 g/mol. The summed E-state index contributed by atoms with van der Waals surface area (Å²) < 4.78 is 43.8. The third-order valence-electron chi connectivity index (χ3n) is 5.45. The van der Waals surface area contributed by atoms with Crippen molar-refractivity contribution in [2.75, 3.05) is 18.5 Å². The van der Waals surface area contributed by atoms with Gasteiger partial charge in [-0.1, -0.05) is 6.07 Å². The molecule has 3 rings (SSSR count). The van der Waals surface area contributed by atoms with E-state index < -0.39 is 11.7 Å². The van der Waals surface area contributed by atoms with Crippen LogP contribution in [-0.2, 0) is 20.5 Å². The van der Waals surface area contributed by atoms with Crippen LogP contribution in [0.3, 0.4) is 0 Å². The zero-order chi connectivity index (χ0) is 20.1. The van der Waals surface area contributed by atoms with Crippen LogP contribution in [0.2, 0.25) is 0 Å². The van der Waals surface area contributed by atoms with Gasteiger partial charge in [-0.2, -0.15) is 13.2 Å². The summed E-state index contributed by atoms with van der Waals surface area (Å²) in [7, 11) is 0. The van der Waals surface area contributed by atoms with Gasteiger partial charge < -0.3 is 15.4 Å². The van der Waals surface area contributed by atoms with Crippen molar-refractivity contribution in [3.63, 3.8) is 0 Å². The summed E-state index contributed by atoms with van der Waals surface area (Å²) in [6.07, 6.45) is -0.0919. The topological polar surface area (TPSA) is 67.4 Å². The normalized spacial score (nSPS) is 25.3. The largest absolute Gasteiger partial charge is 0.416 e. The Bertz CT molecular complexity index is 694. The Morgan fingerprint density at radius 2 is 1.71 bits per heavy atom. The fourth-order valence-electron chi connectivity index (χ4n) is 3.80. The molecular formula is C20H25F3N2O3. The zero-order valence-electron chi connectivity index (χ0n) is 15.6. The van der Waals surface area contributed by atoms with Gasteiger partial charge in [0, 0.05) is 30.7 Å². The number of anilines is 1. The maximum atomic E-state index is 12.8. The molecule has 1 saturated heterocycles. The number of benzene rings is 1. The molecule has 1 aliphatic heterocycles. The molecule has 2 N–H and O–H groups in total. The second kappa shape index (κ2) is 8.94. The molecule has 0 spiro atoms. The van der Waals surface area contributed by atoms with Crippen LogP contribution < -0.4 is 10.6 Å². The first kappa shape index (κ1) is 20.6. The average molecular weight is 398 g/mol. The fourth-order valence-corrected chi connectivity index (χ4v) is 3.80. The molecule has 5 nitrogen and oxygen atoms in total. The summed E-state index contributed by atoms with van der Waals surface area (Å²) in [5, 5.41) is 5.50. The van der Waals surface area contributed by atoms with Crippen LogP contribution in [0.4, 0.5) is 18.9 Å². The molecule has 1 aromatic carbocycles. The lowest BCUT2D eigenvalue weighted by Crippen LogP contribution is -2.38. The summed E-state index contributed by atoms with van der Waals surface area (Å²) >= 11 is 0. The Morgan fingerprint density at radius 3 is 2.32 bits per heavy atom. The molecule has 0 radical (unpaired) electrons. The first-order valence-corrected chi connectivity index (χ1v) is 9.70. The molecule has 1 atom stereocenters. The third kappa shape index (κ3) is 5.47. The summed E-state index contributed by atoms with van der Waals surface area (Å²) in [5.74, 6) is -0.722. The summed E-state index contributed by atoms with van der Waals surface area (Å²) in [4.78, 5) is 24.7. The van der Waals surface area contributed by atoms with Gasteiger partial charge in [-0.25, -0.2) is 0 Å². The molecule has 2 fully saturated rings. The molecule has 1 saturated carbocycles. The summed E-state index contributed by atoms with van der Waals surface area (Å²) in [6, 6.07) is 4.61. The van der Waals surface area contributed by atoms with Gasteiger partial charge in [0.1, 0.15) is 0 Å². The standard InChI is InChI=1S/C20H25F3N2O3/c21-20(22,23)15-3-1-4-16(11-15)25-19(27)14-8-6-13(7-9-14)18(26)24-12-17-5-2-10-28-17/h1,3-4,11,13-14,17H,2,5-10,12H2,(H,24,26)(H,25,27).